The fourth-order valence-corrected chi connectivity index (χ4v) is 4.55. The Kier molecular flexibility index (Phi) is 3.67. The van der Waals surface area contributed by atoms with Gasteiger partial charge in [-0.2, -0.15) is 18.3 Å². The number of carbonyl (C=O) groups excluding carboxylic acids is 2. The molecule has 3 saturated heterocycles. The van der Waals surface area contributed by atoms with E-state index in [2.05, 4.69) is 5.10 Å². The SMILES string of the molecule is O=C1[C@@H]2[C@@H](C(=O)N1c1cnn(Cc3cccc(C(F)(F)F)c3)c1)[C@@H]1CC[C@@H]2O1. The van der Waals surface area contributed by atoms with E-state index in [4.69, 9.17) is 4.74 Å². The minimum absolute atomic E-state index is 0.0986. The first-order valence-corrected chi connectivity index (χ1v) is 9.05. The molecule has 0 radical (unpaired) electrons. The summed E-state index contributed by atoms with van der Waals surface area (Å²) in [5, 5.41) is 4.12. The maximum Gasteiger partial charge on any atom is 0.416 e. The van der Waals surface area contributed by atoms with E-state index >= 15 is 0 Å². The van der Waals surface area contributed by atoms with Crippen LogP contribution in [0.2, 0.25) is 0 Å². The maximum absolute atomic E-state index is 12.9. The molecule has 28 heavy (non-hydrogen) atoms. The van der Waals surface area contributed by atoms with Gasteiger partial charge in [-0.15, -0.1) is 0 Å². The molecule has 0 spiro atoms. The molecule has 4 heterocycles. The van der Waals surface area contributed by atoms with Crippen LogP contribution in [-0.4, -0.2) is 33.8 Å². The number of ether oxygens (including phenoxy) is 1. The van der Waals surface area contributed by atoms with Crippen molar-refractivity contribution < 1.29 is 27.5 Å². The van der Waals surface area contributed by atoms with Gasteiger partial charge in [-0.05, 0) is 30.5 Å². The molecule has 2 bridgehead atoms. The molecule has 0 N–H and O–H groups in total. The second kappa shape index (κ2) is 5.91. The predicted octanol–water partition coefficient (Wildman–Crippen LogP) is 2.62. The monoisotopic (exact) mass is 391 g/mol. The molecular weight excluding hydrogens is 375 g/mol. The number of carbonyl (C=O) groups is 2. The summed E-state index contributed by atoms with van der Waals surface area (Å²) >= 11 is 0. The van der Waals surface area contributed by atoms with Crippen molar-refractivity contribution >= 4 is 17.5 Å². The van der Waals surface area contributed by atoms with Crippen molar-refractivity contribution in [3.8, 4) is 0 Å². The fourth-order valence-electron chi connectivity index (χ4n) is 4.55. The van der Waals surface area contributed by atoms with Crippen LogP contribution in [0.5, 0.6) is 0 Å². The Morgan fingerprint density at radius 2 is 1.79 bits per heavy atom. The van der Waals surface area contributed by atoms with Crippen LogP contribution in [-0.2, 0) is 27.0 Å². The van der Waals surface area contributed by atoms with Gasteiger partial charge < -0.3 is 4.74 Å². The summed E-state index contributed by atoms with van der Waals surface area (Å²) in [5.41, 5.74) is 0.0354. The van der Waals surface area contributed by atoms with Crippen LogP contribution < -0.4 is 4.90 Å². The number of hydrogen-bond acceptors (Lipinski definition) is 4. The maximum atomic E-state index is 12.9. The molecule has 1 aromatic heterocycles. The Morgan fingerprint density at radius 3 is 2.43 bits per heavy atom. The number of benzene rings is 1. The van der Waals surface area contributed by atoms with E-state index in [-0.39, 0.29) is 30.6 Å². The van der Waals surface area contributed by atoms with Gasteiger partial charge in [-0.1, -0.05) is 12.1 Å². The highest BCUT2D eigenvalue weighted by atomic mass is 19.4. The van der Waals surface area contributed by atoms with Crippen molar-refractivity contribution in [2.75, 3.05) is 4.90 Å². The molecule has 4 atom stereocenters. The minimum Gasteiger partial charge on any atom is -0.373 e. The summed E-state index contributed by atoms with van der Waals surface area (Å²) < 4.78 is 45.7. The zero-order valence-electron chi connectivity index (χ0n) is 14.6. The van der Waals surface area contributed by atoms with Gasteiger partial charge in [-0.3, -0.25) is 14.3 Å². The molecule has 9 heteroatoms. The van der Waals surface area contributed by atoms with Gasteiger partial charge in [0.15, 0.2) is 0 Å². The Hall–Kier alpha value is -2.68. The molecule has 5 rings (SSSR count). The molecule has 3 aliphatic rings. The Balaban J connectivity index is 1.37. The number of hydrogen-bond donors (Lipinski definition) is 0. The first-order chi connectivity index (χ1) is 13.3. The molecular formula is C19H16F3N3O3. The summed E-state index contributed by atoms with van der Waals surface area (Å²) in [6.07, 6.45) is -0.333. The van der Waals surface area contributed by atoms with Crippen molar-refractivity contribution in [2.45, 2.75) is 37.8 Å². The van der Waals surface area contributed by atoms with Crippen molar-refractivity contribution in [1.82, 2.24) is 9.78 Å². The largest absolute Gasteiger partial charge is 0.416 e. The van der Waals surface area contributed by atoms with E-state index in [1.807, 2.05) is 0 Å². The zero-order chi connectivity index (χ0) is 19.6. The smallest absolute Gasteiger partial charge is 0.373 e. The molecule has 2 aromatic rings. The Morgan fingerprint density at radius 1 is 1.11 bits per heavy atom. The van der Waals surface area contributed by atoms with Crippen molar-refractivity contribution in [3.05, 3.63) is 47.8 Å². The number of nitrogens with zero attached hydrogens (tertiary/aromatic N) is 3. The highest BCUT2D eigenvalue weighted by molar-refractivity contribution is 6.22. The number of fused-ring (bicyclic) bond motifs is 5. The van der Waals surface area contributed by atoms with Crippen LogP contribution in [0.3, 0.4) is 0 Å². The van der Waals surface area contributed by atoms with Crippen LogP contribution in [0, 0.1) is 11.8 Å². The molecule has 146 valence electrons. The van der Waals surface area contributed by atoms with Gasteiger partial charge in [0.2, 0.25) is 11.8 Å². The molecule has 0 unspecified atom stereocenters. The van der Waals surface area contributed by atoms with Crippen LogP contribution in [0.15, 0.2) is 36.7 Å². The lowest BCUT2D eigenvalue weighted by atomic mass is 9.81. The lowest BCUT2D eigenvalue weighted by Crippen LogP contribution is -2.34. The number of halogens is 3. The van der Waals surface area contributed by atoms with E-state index in [0.717, 1.165) is 29.9 Å². The van der Waals surface area contributed by atoms with E-state index in [1.165, 1.54) is 23.1 Å². The average Bonchev–Trinajstić information content (AvgIpc) is 3.40. The van der Waals surface area contributed by atoms with Gasteiger partial charge in [0.1, 0.15) is 0 Å². The standard InChI is InChI=1S/C19H16F3N3O3/c20-19(21,22)11-3-1-2-10(6-11)8-24-9-12(7-23-24)25-17(26)15-13-4-5-14(28-13)16(15)18(25)27/h1-3,6-7,9,13-16H,4-5,8H2/t13-,14-,15-,16-/m0/s1. The number of amides is 2. The van der Waals surface area contributed by atoms with Gasteiger partial charge in [0.05, 0.1) is 48.0 Å². The average molecular weight is 391 g/mol. The van der Waals surface area contributed by atoms with Gasteiger partial charge in [0.25, 0.3) is 0 Å². The van der Waals surface area contributed by atoms with Crippen LogP contribution in [0.25, 0.3) is 0 Å². The summed E-state index contributed by atoms with van der Waals surface area (Å²) in [6, 6.07) is 4.98. The van der Waals surface area contributed by atoms with Crippen molar-refractivity contribution in [2.24, 2.45) is 11.8 Å². The van der Waals surface area contributed by atoms with Gasteiger partial charge in [0, 0.05) is 6.20 Å². The minimum atomic E-state index is -4.42. The molecule has 0 saturated carbocycles. The van der Waals surface area contributed by atoms with Crippen molar-refractivity contribution in [3.63, 3.8) is 0 Å². The normalized spacial score (nSPS) is 29.0. The first-order valence-electron chi connectivity index (χ1n) is 9.05. The third kappa shape index (κ3) is 2.56. The summed E-state index contributed by atoms with van der Waals surface area (Å²) in [7, 11) is 0. The topological polar surface area (TPSA) is 64.4 Å². The molecule has 6 nitrogen and oxygen atoms in total. The Labute approximate surface area is 157 Å². The second-order valence-corrected chi connectivity index (χ2v) is 7.45. The van der Waals surface area contributed by atoms with Crippen LogP contribution >= 0.6 is 0 Å². The van der Waals surface area contributed by atoms with Crippen molar-refractivity contribution in [1.29, 1.82) is 0 Å². The van der Waals surface area contributed by atoms with Crippen LogP contribution in [0.1, 0.15) is 24.0 Å². The van der Waals surface area contributed by atoms with Crippen LogP contribution in [0.4, 0.5) is 18.9 Å². The molecule has 0 aliphatic carbocycles. The number of anilines is 1. The third-order valence-corrected chi connectivity index (χ3v) is 5.76. The molecule has 3 aliphatic heterocycles. The molecule has 1 aromatic carbocycles. The highest BCUT2D eigenvalue weighted by Gasteiger charge is 2.62. The third-order valence-electron chi connectivity index (χ3n) is 5.76. The summed E-state index contributed by atoms with van der Waals surface area (Å²) in [5.74, 6) is -1.42. The van der Waals surface area contributed by atoms with E-state index in [0.29, 0.717) is 11.3 Å². The Bertz CT molecular complexity index is 943. The number of rotatable bonds is 3. The fraction of sp³-hybridized carbons (Fsp3) is 0.421. The second-order valence-electron chi connectivity index (χ2n) is 7.45. The quantitative estimate of drug-likeness (QED) is 0.755. The molecule has 3 fully saturated rings. The van der Waals surface area contributed by atoms with Gasteiger partial charge >= 0.3 is 6.18 Å². The first kappa shape index (κ1) is 17.4. The predicted molar refractivity (Wildman–Crippen MR) is 90.1 cm³/mol. The lowest BCUT2D eigenvalue weighted by molar-refractivity contribution is -0.137. The summed E-state index contributed by atoms with van der Waals surface area (Å²) in [4.78, 5) is 26.7. The number of alkyl halides is 3. The number of imide groups is 1. The highest BCUT2D eigenvalue weighted by Crippen LogP contribution is 2.49. The molecule has 2 amide bonds. The zero-order valence-corrected chi connectivity index (χ0v) is 14.6. The van der Waals surface area contributed by atoms with E-state index in [1.54, 1.807) is 6.07 Å². The van der Waals surface area contributed by atoms with Gasteiger partial charge in [-0.25, -0.2) is 4.90 Å². The van der Waals surface area contributed by atoms with E-state index < -0.39 is 23.6 Å². The lowest BCUT2D eigenvalue weighted by Gasteiger charge is -2.15. The van der Waals surface area contributed by atoms with E-state index in [9.17, 15) is 22.8 Å². The summed E-state index contributed by atoms with van der Waals surface area (Å²) in [6.45, 7) is 0.0986. The number of aromatic nitrogens is 2.